The molecule has 0 N–H and O–H groups in total. The summed E-state index contributed by atoms with van der Waals surface area (Å²) in [5.41, 5.74) is 0. The highest BCUT2D eigenvalue weighted by atomic mass is 16.1. The van der Waals surface area contributed by atoms with Crippen LogP contribution < -0.4 is 0 Å². The molecule has 0 bridgehead atoms. The summed E-state index contributed by atoms with van der Waals surface area (Å²) < 4.78 is 0. The van der Waals surface area contributed by atoms with Crippen LogP contribution in [0.4, 0.5) is 0 Å². The van der Waals surface area contributed by atoms with Gasteiger partial charge < -0.3 is 4.90 Å². The minimum atomic E-state index is -0.000370. The fourth-order valence-corrected chi connectivity index (χ4v) is 0.388. The first kappa shape index (κ1) is 7.14. The Kier molecular flexibility index (Phi) is 2.84. The average molecular weight is 115 g/mol. The zero-order chi connectivity index (χ0) is 6.57. The highest BCUT2D eigenvalue weighted by Gasteiger charge is 1.94. The molecule has 8 heavy (non-hydrogen) atoms. The Morgan fingerprint density at radius 3 is 2.38 bits per heavy atom. The van der Waals surface area contributed by atoms with E-state index in [1.807, 2.05) is 0 Å². The van der Waals surface area contributed by atoms with Crippen molar-refractivity contribution in [1.29, 1.82) is 0 Å². The first-order valence-corrected chi connectivity index (χ1v) is 2.32. The number of carbonyl (C=O) groups excluding carboxylic acids is 2. The molecule has 0 radical (unpaired) electrons. The van der Waals surface area contributed by atoms with E-state index in [1.165, 1.54) is 11.8 Å². The molecule has 0 unspecified atom stereocenters. The summed E-state index contributed by atoms with van der Waals surface area (Å²) in [7, 11) is 1.56. The Bertz CT molecular complexity index is 101. The van der Waals surface area contributed by atoms with Gasteiger partial charge in [-0.3, -0.25) is 9.59 Å². The molecule has 0 saturated heterocycles. The Hall–Kier alpha value is -0.860. The summed E-state index contributed by atoms with van der Waals surface area (Å²) in [4.78, 5) is 21.3. The first-order valence-electron chi connectivity index (χ1n) is 2.32. The lowest BCUT2D eigenvalue weighted by Gasteiger charge is -2.04. The van der Waals surface area contributed by atoms with Gasteiger partial charge in [0.25, 0.3) is 0 Å². The fraction of sp³-hybridized carbons (Fsp3) is 0.600. The zero-order valence-electron chi connectivity index (χ0n) is 5.05. The maximum atomic E-state index is 10.2. The van der Waals surface area contributed by atoms with Crippen LogP contribution >= 0.6 is 0 Å². The van der Waals surface area contributed by atoms with Crippen LogP contribution in [0.2, 0.25) is 0 Å². The van der Waals surface area contributed by atoms with E-state index in [-0.39, 0.29) is 12.3 Å². The maximum absolute atomic E-state index is 10.2. The number of rotatable bonds is 3. The molecule has 3 nitrogen and oxygen atoms in total. The quantitative estimate of drug-likeness (QED) is 0.472. The summed E-state index contributed by atoms with van der Waals surface area (Å²) in [6, 6.07) is 0. The lowest BCUT2D eigenvalue weighted by molar-refractivity contribution is -0.124. The third-order valence-electron chi connectivity index (χ3n) is 0.652. The van der Waals surface area contributed by atoms with Crippen LogP contribution in [0.15, 0.2) is 0 Å². The second-order valence-electron chi connectivity index (χ2n) is 1.72. The normalized spacial score (nSPS) is 8.25. The van der Waals surface area contributed by atoms with Gasteiger partial charge in [-0.2, -0.15) is 0 Å². The molecule has 46 valence electrons. The largest absolute Gasteiger partial charge is 0.341 e. The maximum Gasteiger partial charge on any atom is 0.209 e. The molecule has 1 amide bonds. The van der Waals surface area contributed by atoms with Crippen molar-refractivity contribution in [3.63, 3.8) is 0 Å². The van der Waals surface area contributed by atoms with Crippen molar-refractivity contribution in [2.24, 2.45) is 0 Å². The van der Waals surface area contributed by atoms with Crippen molar-refractivity contribution < 1.29 is 9.59 Å². The number of amides is 1. The summed E-state index contributed by atoms with van der Waals surface area (Å²) in [6.07, 6.45) is 0.626. The smallest absolute Gasteiger partial charge is 0.209 e. The SMILES string of the molecule is CC(=O)CN(C)C=O. The van der Waals surface area contributed by atoms with Gasteiger partial charge in [-0.05, 0) is 6.92 Å². The van der Waals surface area contributed by atoms with E-state index >= 15 is 0 Å². The monoisotopic (exact) mass is 115 g/mol. The molecule has 0 atom stereocenters. The lowest BCUT2D eigenvalue weighted by atomic mass is 10.4. The first-order chi connectivity index (χ1) is 3.66. The molecule has 0 aromatic rings. The van der Waals surface area contributed by atoms with Crippen molar-refractivity contribution in [2.45, 2.75) is 6.92 Å². The minimum Gasteiger partial charge on any atom is -0.341 e. The van der Waals surface area contributed by atoms with Gasteiger partial charge in [-0.25, -0.2) is 0 Å². The molecule has 0 aliphatic heterocycles. The van der Waals surface area contributed by atoms with Gasteiger partial charge in [-0.15, -0.1) is 0 Å². The number of ketones is 1. The van der Waals surface area contributed by atoms with Crippen LogP contribution in [-0.2, 0) is 9.59 Å². The molecule has 3 heteroatoms. The Morgan fingerprint density at radius 2 is 2.25 bits per heavy atom. The topological polar surface area (TPSA) is 37.4 Å². The van der Waals surface area contributed by atoms with Crippen molar-refractivity contribution in [2.75, 3.05) is 13.6 Å². The average Bonchev–Trinajstić information content (AvgIpc) is 1.65. The fourth-order valence-electron chi connectivity index (χ4n) is 0.388. The molecule has 0 rings (SSSR count). The predicted octanol–water partition coefficient (Wildman–Crippen LogP) is -0.336. The number of hydrogen-bond donors (Lipinski definition) is 0. The number of Topliss-reactive ketones (excluding diaryl/α,β-unsaturated/α-hetero) is 1. The van der Waals surface area contributed by atoms with Crippen LogP contribution in [0.5, 0.6) is 0 Å². The third kappa shape index (κ3) is 3.33. The van der Waals surface area contributed by atoms with Gasteiger partial charge in [0.1, 0.15) is 5.78 Å². The van der Waals surface area contributed by atoms with Crippen LogP contribution in [-0.4, -0.2) is 30.7 Å². The second kappa shape index (κ2) is 3.18. The number of nitrogens with zero attached hydrogens (tertiary/aromatic N) is 1. The molecule has 0 aromatic carbocycles. The van der Waals surface area contributed by atoms with E-state index in [4.69, 9.17) is 0 Å². The van der Waals surface area contributed by atoms with Crippen LogP contribution in [0.25, 0.3) is 0 Å². The van der Waals surface area contributed by atoms with Crippen LogP contribution in [0.3, 0.4) is 0 Å². The zero-order valence-corrected chi connectivity index (χ0v) is 5.05. The Morgan fingerprint density at radius 1 is 1.75 bits per heavy atom. The van der Waals surface area contributed by atoms with Crippen LogP contribution in [0, 0.1) is 0 Å². The predicted molar refractivity (Wildman–Crippen MR) is 29.4 cm³/mol. The van der Waals surface area contributed by atoms with Gasteiger partial charge >= 0.3 is 0 Å². The summed E-state index contributed by atoms with van der Waals surface area (Å²) in [6.45, 7) is 1.66. The third-order valence-corrected chi connectivity index (χ3v) is 0.652. The Balaban J connectivity index is 3.38. The molecule has 0 spiro atoms. The number of carbonyl (C=O) groups is 2. The van der Waals surface area contributed by atoms with Crippen molar-refractivity contribution in [3.05, 3.63) is 0 Å². The second-order valence-corrected chi connectivity index (χ2v) is 1.72. The standard InChI is InChI=1S/C5H9NO2/c1-5(8)3-6(2)4-7/h4H,3H2,1-2H3. The van der Waals surface area contributed by atoms with Crippen LogP contribution in [0.1, 0.15) is 6.92 Å². The highest BCUT2D eigenvalue weighted by molar-refractivity contribution is 5.79. The van der Waals surface area contributed by atoms with Gasteiger partial charge in [0, 0.05) is 7.05 Å². The lowest BCUT2D eigenvalue weighted by Crippen LogP contribution is -2.22. The van der Waals surface area contributed by atoms with Crippen molar-refractivity contribution in [1.82, 2.24) is 4.90 Å². The van der Waals surface area contributed by atoms with E-state index in [2.05, 4.69) is 0 Å². The molecule has 0 aliphatic carbocycles. The molecule has 0 aromatic heterocycles. The molecular formula is C5H9NO2. The Labute approximate surface area is 48.3 Å². The highest BCUT2D eigenvalue weighted by Crippen LogP contribution is 1.74. The molecule has 0 saturated carbocycles. The van der Waals surface area contributed by atoms with Crippen molar-refractivity contribution >= 4 is 12.2 Å². The van der Waals surface area contributed by atoms with Gasteiger partial charge in [0.05, 0.1) is 6.54 Å². The summed E-state index contributed by atoms with van der Waals surface area (Å²) in [5, 5.41) is 0. The molecular weight excluding hydrogens is 106 g/mol. The van der Waals surface area contributed by atoms with E-state index < -0.39 is 0 Å². The van der Waals surface area contributed by atoms with Gasteiger partial charge in [0.2, 0.25) is 6.41 Å². The van der Waals surface area contributed by atoms with E-state index in [1.54, 1.807) is 7.05 Å². The van der Waals surface area contributed by atoms with Crippen molar-refractivity contribution in [3.8, 4) is 0 Å². The van der Waals surface area contributed by atoms with Gasteiger partial charge in [-0.1, -0.05) is 0 Å². The summed E-state index contributed by atoms with van der Waals surface area (Å²) in [5.74, 6) is -0.000370. The molecule has 0 fully saturated rings. The summed E-state index contributed by atoms with van der Waals surface area (Å²) >= 11 is 0. The number of hydrogen-bond acceptors (Lipinski definition) is 2. The van der Waals surface area contributed by atoms with E-state index in [9.17, 15) is 9.59 Å². The van der Waals surface area contributed by atoms with Gasteiger partial charge in [0.15, 0.2) is 0 Å². The molecule has 0 heterocycles. The minimum absolute atomic E-state index is 0.000370. The van der Waals surface area contributed by atoms with E-state index in [0.717, 1.165) is 0 Å². The number of likely N-dealkylation sites (N-methyl/N-ethyl adjacent to an activating group) is 1. The molecule has 0 aliphatic rings. The van der Waals surface area contributed by atoms with E-state index in [0.29, 0.717) is 6.41 Å².